The Hall–Kier alpha value is -2.18. The molecule has 2 heterocycles. The average molecular weight is 208 g/mol. The lowest BCUT2D eigenvalue weighted by molar-refractivity contribution is 0.0512. The minimum Gasteiger partial charge on any atom is -0.460 e. The lowest BCUT2D eigenvalue weighted by Crippen LogP contribution is -2.17. The largest absolute Gasteiger partial charge is 0.460 e. The first-order valence-corrected chi connectivity index (χ1v) is 4.33. The van der Waals surface area contributed by atoms with Crippen molar-refractivity contribution in [2.75, 3.05) is 6.61 Å². The van der Waals surface area contributed by atoms with Gasteiger partial charge in [-0.05, 0) is 6.92 Å². The molecule has 0 amide bonds. The second-order valence-corrected chi connectivity index (χ2v) is 2.77. The van der Waals surface area contributed by atoms with Crippen molar-refractivity contribution in [2.24, 2.45) is 0 Å². The third kappa shape index (κ3) is 1.58. The normalized spacial score (nSPS) is 10.5. The maximum absolute atomic E-state index is 11.4. The van der Waals surface area contributed by atoms with Crippen LogP contribution in [0.3, 0.4) is 0 Å². The minimum atomic E-state index is -0.661. The van der Waals surface area contributed by atoms with Crippen molar-refractivity contribution in [1.29, 1.82) is 0 Å². The van der Waals surface area contributed by atoms with E-state index in [0.29, 0.717) is 5.39 Å². The molecule has 0 aliphatic rings. The van der Waals surface area contributed by atoms with Crippen molar-refractivity contribution in [3.8, 4) is 0 Å². The number of fused-ring (bicyclic) bond motifs is 1. The van der Waals surface area contributed by atoms with Gasteiger partial charge in [0.05, 0.1) is 12.8 Å². The van der Waals surface area contributed by atoms with Gasteiger partial charge >= 0.3 is 5.97 Å². The third-order valence-corrected chi connectivity index (χ3v) is 1.79. The summed E-state index contributed by atoms with van der Waals surface area (Å²) in [4.78, 5) is 28.9. The molecule has 2 N–H and O–H groups in total. The monoisotopic (exact) mass is 208 g/mol. The lowest BCUT2D eigenvalue weighted by atomic mass is 10.4. The highest BCUT2D eigenvalue weighted by molar-refractivity contribution is 5.87. The number of esters is 1. The summed E-state index contributed by atoms with van der Waals surface area (Å²) in [6.07, 6.45) is 1.34. The quantitative estimate of drug-likeness (QED) is 0.667. The molecule has 2 rings (SSSR count). The van der Waals surface area contributed by atoms with Crippen LogP contribution in [-0.2, 0) is 4.74 Å². The van der Waals surface area contributed by atoms with E-state index < -0.39 is 11.5 Å². The fourth-order valence-corrected chi connectivity index (χ4v) is 1.14. The Bertz CT molecular complexity index is 556. The number of aromatic amines is 2. The molecule has 0 fully saturated rings. The molecule has 2 aromatic rings. The highest BCUT2D eigenvalue weighted by atomic mass is 16.5. The molecular formula is C8H8N4O3. The van der Waals surface area contributed by atoms with Crippen LogP contribution in [0, 0.1) is 0 Å². The van der Waals surface area contributed by atoms with Crippen LogP contribution in [0.15, 0.2) is 11.0 Å². The van der Waals surface area contributed by atoms with Crippen molar-refractivity contribution < 1.29 is 9.53 Å². The molecular weight excluding hydrogens is 200 g/mol. The number of nitrogens with one attached hydrogen (secondary N) is 2. The molecule has 2 aromatic heterocycles. The second kappa shape index (κ2) is 3.52. The van der Waals surface area contributed by atoms with E-state index in [9.17, 15) is 9.59 Å². The van der Waals surface area contributed by atoms with Crippen LogP contribution < -0.4 is 5.56 Å². The van der Waals surface area contributed by atoms with Gasteiger partial charge in [0.1, 0.15) is 5.39 Å². The number of ether oxygens (including phenoxy) is 1. The number of aromatic nitrogens is 4. The number of carbonyl (C=O) groups excluding carboxylic acids is 1. The molecule has 7 nitrogen and oxygen atoms in total. The topological polar surface area (TPSA) is 101 Å². The van der Waals surface area contributed by atoms with Crippen molar-refractivity contribution in [1.82, 2.24) is 20.2 Å². The molecule has 0 saturated heterocycles. The molecule has 0 aliphatic heterocycles. The van der Waals surface area contributed by atoms with Gasteiger partial charge in [-0.3, -0.25) is 9.89 Å². The molecule has 0 radical (unpaired) electrons. The zero-order valence-corrected chi connectivity index (χ0v) is 7.90. The van der Waals surface area contributed by atoms with Crippen molar-refractivity contribution in [3.63, 3.8) is 0 Å². The molecule has 0 bridgehead atoms. The smallest absolute Gasteiger partial charge is 0.374 e. The summed E-state index contributed by atoms with van der Waals surface area (Å²) in [6, 6.07) is 0. The van der Waals surface area contributed by atoms with Crippen LogP contribution in [0.25, 0.3) is 11.0 Å². The van der Waals surface area contributed by atoms with Gasteiger partial charge < -0.3 is 9.72 Å². The summed E-state index contributed by atoms with van der Waals surface area (Å²) < 4.78 is 4.70. The maximum atomic E-state index is 11.4. The van der Waals surface area contributed by atoms with E-state index in [-0.39, 0.29) is 18.1 Å². The van der Waals surface area contributed by atoms with E-state index in [1.54, 1.807) is 6.92 Å². The first-order chi connectivity index (χ1) is 7.22. The summed E-state index contributed by atoms with van der Waals surface area (Å²) in [5, 5.41) is 6.47. The number of rotatable bonds is 2. The Balaban J connectivity index is 2.54. The summed E-state index contributed by atoms with van der Waals surface area (Å²) >= 11 is 0. The van der Waals surface area contributed by atoms with Gasteiger partial charge in [-0.25, -0.2) is 9.78 Å². The maximum Gasteiger partial charge on any atom is 0.374 e. The SMILES string of the molecule is CCOC(=O)c1nc2[nH]ncc2c(=O)[nH]1. The summed E-state index contributed by atoms with van der Waals surface area (Å²) in [5.74, 6) is -0.787. The number of hydrogen-bond donors (Lipinski definition) is 2. The predicted octanol–water partition coefficient (Wildman–Crippen LogP) is -0.177. The third-order valence-electron chi connectivity index (χ3n) is 1.79. The van der Waals surface area contributed by atoms with Gasteiger partial charge in [-0.15, -0.1) is 0 Å². The molecule has 7 heteroatoms. The molecule has 0 atom stereocenters. The van der Waals surface area contributed by atoms with E-state index in [4.69, 9.17) is 4.74 Å². The van der Waals surface area contributed by atoms with Crippen LogP contribution >= 0.6 is 0 Å². The van der Waals surface area contributed by atoms with E-state index in [0.717, 1.165) is 0 Å². The summed E-state index contributed by atoms with van der Waals surface area (Å²) in [7, 11) is 0. The van der Waals surface area contributed by atoms with Crippen LogP contribution in [0.2, 0.25) is 0 Å². The van der Waals surface area contributed by atoms with Gasteiger partial charge in [0.25, 0.3) is 5.56 Å². The molecule has 0 saturated carbocycles. The molecule has 0 aliphatic carbocycles. The minimum absolute atomic E-state index is 0.126. The van der Waals surface area contributed by atoms with Crippen molar-refractivity contribution in [3.05, 3.63) is 22.4 Å². The Labute approximate surface area is 83.5 Å². The highest BCUT2D eigenvalue weighted by Crippen LogP contribution is 2.01. The van der Waals surface area contributed by atoms with E-state index in [1.807, 2.05) is 0 Å². The van der Waals surface area contributed by atoms with Gasteiger partial charge in [0, 0.05) is 0 Å². The second-order valence-electron chi connectivity index (χ2n) is 2.77. The fraction of sp³-hybridized carbons (Fsp3) is 0.250. The molecule has 0 spiro atoms. The zero-order valence-electron chi connectivity index (χ0n) is 7.90. The Morgan fingerprint density at radius 2 is 2.40 bits per heavy atom. The van der Waals surface area contributed by atoms with Crippen molar-refractivity contribution >= 4 is 17.0 Å². The molecule has 0 aromatic carbocycles. The lowest BCUT2D eigenvalue weighted by Gasteiger charge is -1.99. The summed E-state index contributed by atoms with van der Waals surface area (Å²) in [6.45, 7) is 1.90. The molecule has 0 unspecified atom stereocenters. The zero-order chi connectivity index (χ0) is 10.8. The Kier molecular flexibility index (Phi) is 2.20. The fourth-order valence-electron chi connectivity index (χ4n) is 1.14. The standard InChI is InChI=1S/C8H8N4O3/c1-2-15-8(14)6-10-5-4(3-9-12-5)7(13)11-6/h3H,2H2,1H3,(H2,9,10,11,12,13). The number of carbonyl (C=O) groups is 1. The van der Waals surface area contributed by atoms with E-state index in [1.165, 1.54) is 6.20 Å². The van der Waals surface area contributed by atoms with E-state index in [2.05, 4.69) is 20.2 Å². The van der Waals surface area contributed by atoms with Gasteiger partial charge in [0.15, 0.2) is 5.65 Å². The predicted molar refractivity (Wildman–Crippen MR) is 50.5 cm³/mol. The highest BCUT2D eigenvalue weighted by Gasteiger charge is 2.12. The number of hydrogen-bond acceptors (Lipinski definition) is 5. The molecule has 15 heavy (non-hydrogen) atoms. The summed E-state index contributed by atoms with van der Waals surface area (Å²) in [5.41, 5.74) is -0.154. The van der Waals surface area contributed by atoms with Crippen molar-refractivity contribution in [2.45, 2.75) is 6.92 Å². The van der Waals surface area contributed by atoms with Gasteiger partial charge in [-0.2, -0.15) is 5.10 Å². The van der Waals surface area contributed by atoms with Crippen LogP contribution in [0.4, 0.5) is 0 Å². The number of H-pyrrole nitrogens is 2. The van der Waals surface area contributed by atoms with Crippen LogP contribution in [-0.4, -0.2) is 32.7 Å². The average Bonchev–Trinajstić information content (AvgIpc) is 2.66. The number of nitrogens with zero attached hydrogens (tertiary/aromatic N) is 2. The first-order valence-electron chi connectivity index (χ1n) is 4.33. The van der Waals surface area contributed by atoms with E-state index >= 15 is 0 Å². The van der Waals surface area contributed by atoms with Crippen LogP contribution in [0.5, 0.6) is 0 Å². The van der Waals surface area contributed by atoms with Gasteiger partial charge in [-0.1, -0.05) is 0 Å². The van der Waals surface area contributed by atoms with Crippen LogP contribution in [0.1, 0.15) is 17.5 Å². The first kappa shape index (κ1) is 9.38. The Morgan fingerprint density at radius 3 is 3.13 bits per heavy atom. The Morgan fingerprint density at radius 1 is 1.60 bits per heavy atom. The van der Waals surface area contributed by atoms with Gasteiger partial charge in [0.2, 0.25) is 5.82 Å². The molecule has 78 valence electrons.